The van der Waals surface area contributed by atoms with Gasteiger partial charge in [0.25, 0.3) is 41.0 Å². The normalized spacial score (nSPS) is 11.4. The second kappa shape index (κ2) is 47.9. The summed E-state index contributed by atoms with van der Waals surface area (Å²) in [5.74, 6) is -3.68. The topological polar surface area (TPSA) is 489 Å². The number of amides is 9. The number of benzene rings is 3. The van der Waals surface area contributed by atoms with Gasteiger partial charge in [-0.15, -0.1) is 0 Å². The Kier molecular flexibility index (Phi) is 36.3. The lowest BCUT2D eigenvalue weighted by Gasteiger charge is -2.17. The summed E-state index contributed by atoms with van der Waals surface area (Å²) in [6.45, 7) is 11.0. The number of hydrogen-bond acceptors (Lipinski definition) is 25. The van der Waals surface area contributed by atoms with E-state index in [0.717, 1.165) is 0 Å². The first-order valence-electron chi connectivity index (χ1n) is 40.9. The van der Waals surface area contributed by atoms with Crippen LogP contribution in [0.5, 0.6) is 17.2 Å². The SMILES string of the molecule is CCS(=O)(=O)c1ccc(Oc2c(C)cc(F)cc2C)c(-c2cn(C)c(=O)c3[nH]c(C(=O)Nc4ccc(OCCOCCOCCOCCOCCOCCOCCOCCOCCNC(=O)CCNC(=O)c5nc(NC(=O)CCNC(=O)c6cc(NC(=O)c7nc(NC(=O)CCNC(=O)c8cc(NC(=O)c9nccn9C)cn8C)cn7C)cn6C)cn5C)cc4)cc23)c1. The molecule has 0 spiro atoms. The van der Waals surface area contributed by atoms with Crippen LogP contribution >= 0.6 is 0 Å². The first-order valence-corrected chi connectivity index (χ1v) is 42.6. The highest BCUT2D eigenvalue weighted by atomic mass is 32.2. The van der Waals surface area contributed by atoms with Crippen molar-refractivity contribution in [2.75, 3.05) is 171 Å². The molecule has 0 aliphatic carbocycles. The van der Waals surface area contributed by atoms with Crippen LogP contribution in [0.4, 0.5) is 33.1 Å². The van der Waals surface area contributed by atoms with E-state index in [2.05, 4.69) is 67.8 Å². The van der Waals surface area contributed by atoms with Crippen molar-refractivity contribution in [3.63, 3.8) is 0 Å². The Hall–Kier alpha value is -13.3. The highest BCUT2D eigenvalue weighted by Gasteiger charge is 2.26. The Morgan fingerprint density at radius 2 is 0.898 bits per heavy atom. The van der Waals surface area contributed by atoms with Crippen LogP contribution in [0.2, 0.25) is 0 Å². The van der Waals surface area contributed by atoms with Gasteiger partial charge in [-0.2, -0.15) is 0 Å². The third-order valence-electron chi connectivity index (χ3n) is 19.2. The third-order valence-corrected chi connectivity index (χ3v) is 21.0. The number of imidazole rings is 3. The van der Waals surface area contributed by atoms with Crippen LogP contribution in [-0.4, -0.2) is 253 Å². The van der Waals surface area contributed by atoms with E-state index >= 15 is 0 Å². The molecular formula is C85H106FN19O22S. The number of sulfone groups is 1. The van der Waals surface area contributed by atoms with Gasteiger partial charge in [-0.1, -0.05) is 6.92 Å². The van der Waals surface area contributed by atoms with E-state index in [-0.39, 0.29) is 138 Å². The van der Waals surface area contributed by atoms with Crippen molar-refractivity contribution in [3.05, 3.63) is 178 Å². The number of nitrogens with zero attached hydrogens (tertiary/aromatic N) is 9. The third kappa shape index (κ3) is 28.6. The van der Waals surface area contributed by atoms with Gasteiger partial charge in [0.2, 0.25) is 29.4 Å². The summed E-state index contributed by atoms with van der Waals surface area (Å²) >= 11 is 0. The maximum Gasteiger partial charge on any atom is 0.291 e. The Labute approximate surface area is 735 Å². The molecular weight excluding hydrogens is 1690 g/mol. The predicted octanol–water partition coefficient (Wildman–Crippen LogP) is 5.47. The van der Waals surface area contributed by atoms with E-state index in [1.165, 1.54) is 103 Å². The van der Waals surface area contributed by atoms with Crippen molar-refractivity contribution in [1.29, 1.82) is 0 Å². The Balaban J connectivity index is 0.476. The van der Waals surface area contributed by atoms with Crippen molar-refractivity contribution in [2.45, 2.75) is 44.9 Å². The number of hydrogen-bond donors (Lipinski definition) is 10. The van der Waals surface area contributed by atoms with E-state index in [4.69, 9.17) is 47.4 Å². The highest BCUT2D eigenvalue weighted by Crippen LogP contribution is 2.41. The van der Waals surface area contributed by atoms with E-state index < -0.39 is 68.5 Å². The Morgan fingerprint density at radius 1 is 0.438 bits per heavy atom. The molecule has 43 heteroatoms. The second-order valence-corrected chi connectivity index (χ2v) is 31.3. The summed E-state index contributed by atoms with van der Waals surface area (Å²) in [5.41, 5.74) is 3.03. The van der Waals surface area contributed by atoms with Gasteiger partial charge >= 0.3 is 0 Å². The quantitative estimate of drug-likeness (QED) is 0.0211. The molecule has 10 aromatic rings. The van der Waals surface area contributed by atoms with Crippen LogP contribution < -0.4 is 62.9 Å². The van der Waals surface area contributed by atoms with Crippen LogP contribution in [0.1, 0.15) is 101 Å². The number of carbonyl (C=O) groups excluding carboxylic acids is 9. The Morgan fingerprint density at radius 3 is 1.39 bits per heavy atom. The molecule has 686 valence electrons. The summed E-state index contributed by atoms with van der Waals surface area (Å²) in [5, 5.41) is 24.5. The number of halogens is 1. The van der Waals surface area contributed by atoms with Crippen molar-refractivity contribution >= 4 is 103 Å². The second-order valence-electron chi connectivity index (χ2n) is 29.0. The number of aryl methyl sites for hydroxylation is 8. The zero-order chi connectivity index (χ0) is 91.8. The largest absolute Gasteiger partial charge is 0.491 e. The monoisotopic (exact) mass is 1800 g/mol. The fourth-order valence-electron chi connectivity index (χ4n) is 12.7. The molecule has 128 heavy (non-hydrogen) atoms. The van der Waals surface area contributed by atoms with Crippen molar-refractivity contribution in [1.82, 2.24) is 68.6 Å². The van der Waals surface area contributed by atoms with Crippen LogP contribution in [-0.2, 0) is 104 Å². The molecule has 41 nitrogen and oxygen atoms in total. The van der Waals surface area contributed by atoms with Crippen molar-refractivity contribution in [2.24, 2.45) is 42.3 Å². The van der Waals surface area contributed by atoms with E-state index in [0.29, 0.717) is 150 Å². The molecule has 0 aliphatic rings. The smallest absolute Gasteiger partial charge is 0.291 e. The predicted molar refractivity (Wildman–Crippen MR) is 467 cm³/mol. The van der Waals surface area contributed by atoms with Gasteiger partial charge in [-0.05, 0) is 97.8 Å². The highest BCUT2D eigenvalue weighted by molar-refractivity contribution is 7.91. The lowest BCUT2D eigenvalue weighted by Crippen LogP contribution is -2.33. The minimum atomic E-state index is -3.69. The summed E-state index contributed by atoms with van der Waals surface area (Å²) < 4.78 is 106. The van der Waals surface area contributed by atoms with E-state index in [1.807, 2.05) is 0 Å². The number of pyridine rings is 1. The fraction of sp³-hybridized carbons (Fsp3) is 0.400. The number of aromatic amines is 1. The average molecular weight is 1800 g/mol. The first kappa shape index (κ1) is 96.9. The number of fused-ring (bicyclic) bond motifs is 1. The number of nitrogens with one attached hydrogen (secondary N) is 10. The summed E-state index contributed by atoms with van der Waals surface area (Å²) in [6.07, 6.45) is 10.3. The molecule has 7 aromatic heterocycles. The lowest BCUT2D eigenvalue weighted by atomic mass is 10.0. The maximum absolute atomic E-state index is 14.3. The van der Waals surface area contributed by atoms with Gasteiger partial charge in [-0.3, -0.25) is 47.9 Å². The van der Waals surface area contributed by atoms with Gasteiger partial charge in [0, 0.05) is 153 Å². The molecule has 10 N–H and O–H groups in total. The van der Waals surface area contributed by atoms with Crippen molar-refractivity contribution in [3.8, 4) is 28.4 Å². The summed E-state index contributed by atoms with van der Waals surface area (Å²) in [7, 11) is 5.87. The molecule has 0 fully saturated rings. The molecule has 7 heterocycles. The summed E-state index contributed by atoms with van der Waals surface area (Å²) in [6, 6.07) is 18.3. The van der Waals surface area contributed by atoms with E-state index in [1.54, 1.807) is 104 Å². The fourth-order valence-corrected chi connectivity index (χ4v) is 13.6. The number of rotatable bonds is 53. The number of anilines is 5. The number of aromatic nitrogens is 10. The van der Waals surface area contributed by atoms with E-state index in [9.17, 15) is 60.8 Å². The molecule has 0 unspecified atom stereocenters. The molecule has 9 amide bonds. The van der Waals surface area contributed by atoms with Crippen LogP contribution in [0.3, 0.4) is 0 Å². The molecule has 0 radical (unpaired) electrons. The standard InChI is InChI=1S/C85H106FN19O22S/c1-10-128(116,117)61-15-16-68(127-75-54(2)43-56(86)44-55(75)3)62(47-61)64-51-105(9)85(115)74-63(64)48-65(95-74)79(109)92-57-11-13-60(14-12-57)126-42-41-125-40-39-124-38-37-123-36-35-122-34-33-121-32-31-120-30-29-119-28-27-118-26-24-87-71(106)17-20-91-82(112)77-98-69(52-103(77)7)96-72(107)18-21-90-81(111)67-46-59(50-102(67)6)94-84(114)78-99-70(53-104(78)8)97-73(108)19-22-89-80(110)66-45-58(49-101(66)5)93-83(113)76-88-23-25-100(76)4/h11-16,23,25,43-53,95H,10,17-22,24,26-42H2,1-9H3,(H,87,106)(H,89,110)(H,90,111)(H,91,112)(H,92,109)(H,93,113)(H,94,114)(H,96,107)(H,97,108). The minimum absolute atomic E-state index is 0.00896. The van der Waals surface area contributed by atoms with Gasteiger partial charge < -0.3 is 128 Å². The van der Waals surface area contributed by atoms with Crippen LogP contribution in [0, 0.1) is 19.7 Å². The Bertz CT molecular complexity index is 5690. The molecule has 0 atom stereocenters. The van der Waals surface area contributed by atoms with Crippen molar-refractivity contribution < 1.29 is 103 Å². The number of carbonyl (C=O) groups is 9. The minimum Gasteiger partial charge on any atom is -0.491 e. The number of ether oxygens (including phenoxy) is 10. The van der Waals surface area contributed by atoms with Crippen LogP contribution in [0.25, 0.3) is 22.0 Å². The lowest BCUT2D eigenvalue weighted by molar-refractivity contribution is -0.121. The molecule has 3 aromatic carbocycles. The molecule has 0 aliphatic heterocycles. The molecule has 10 rings (SSSR count). The van der Waals surface area contributed by atoms with Gasteiger partial charge in [0.1, 0.15) is 52.3 Å². The molecule has 0 saturated heterocycles. The van der Waals surface area contributed by atoms with Gasteiger partial charge in [-0.25, -0.2) is 27.8 Å². The maximum atomic E-state index is 14.3. The van der Waals surface area contributed by atoms with Crippen LogP contribution in [0.15, 0.2) is 126 Å². The molecule has 0 saturated carbocycles. The average Bonchev–Trinajstić information content (AvgIpc) is 1.53. The summed E-state index contributed by atoms with van der Waals surface area (Å²) in [4.78, 5) is 146. The first-order chi connectivity index (χ1) is 61.5. The van der Waals surface area contributed by atoms with Gasteiger partial charge in [0.15, 0.2) is 27.3 Å². The molecule has 0 bridgehead atoms. The van der Waals surface area contributed by atoms with Gasteiger partial charge in [0.05, 0.1) is 128 Å². The zero-order valence-corrected chi connectivity index (χ0v) is 73.3. The zero-order valence-electron chi connectivity index (χ0n) is 72.4. The number of H-pyrrole nitrogens is 1.